The van der Waals surface area contributed by atoms with E-state index in [1.807, 2.05) is 24.3 Å². The fourth-order valence-corrected chi connectivity index (χ4v) is 2.20. The van der Waals surface area contributed by atoms with Gasteiger partial charge in [0.15, 0.2) is 5.78 Å². The van der Waals surface area contributed by atoms with E-state index in [1.165, 1.54) is 0 Å². The summed E-state index contributed by atoms with van der Waals surface area (Å²) in [6.45, 7) is 1.55. The Hall–Kier alpha value is -1.44. The summed E-state index contributed by atoms with van der Waals surface area (Å²) in [5.74, 6) is 0.164. The summed E-state index contributed by atoms with van der Waals surface area (Å²) in [4.78, 5) is 23.0. The Morgan fingerprint density at radius 2 is 2.13 bits per heavy atom. The van der Waals surface area contributed by atoms with Crippen molar-refractivity contribution >= 4 is 11.6 Å². The van der Waals surface area contributed by atoms with E-state index in [4.69, 9.17) is 0 Å². The molecule has 0 fully saturated rings. The van der Waals surface area contributed by atoms with Gasteiger partial charge < -0.3 is 4.79 Å². The number of carbonyl (C=O) groups is 2. The van der Waals surface area contributed by atoms with Gasteiger partial charge in [0.25, 0.3) is 0 Å². The van der Waals surface area contributed by atoms with E-state index in [0.29, 0.717) is 6.42 Å². The maximum atomic E-state index is 12.0. The van der Waals surface area contributed by atoms with Gasteiger partial charge in [0.1, 0.15) is 5.78 Å². The van der Waals surface area contributed by atoms with Crippen molar-refractivity contribution in [1.29, 1.82) is 0 Å². The molecule has 1 atom stereocenters. The number of fused-ring (bicyclic) bond motifs is 1. The van der Waals surface area contributed by atoms with Crippen LogP contribution in [0.4, 0.5) is 0 Å². The minimum atomic E-state index is -0.0857. The third kappa shape index (κ3) is 1.99. The number of carbonyl (C=O) groups excluding carboxylic acids is 2. The molecule has 15 heavy (non-hydrogen) atoms. The third-order valence-corrected chi connectivity index (χ3v) is 2.95. The van der Waals surface area contributed by atoms with Crippen LogP contribution >= 0.6 is 0 Å². The SMILES string of the molecule is CC(=O)C[C@H]1CCc2ccccc2C1=O. The molecule has 2 nitrogen and oxygen atoms in total. The molecule has 0 amide bonds. The summed E-state index contributed by atoms with van der Waals surface area (Å²) in [7, 11) is 0. The summed E-state index contributed by atoms with van der Waals surface area (Å²) in [6.07, 6.45) is 2.13. The molecule has 0 unspecified atom stereocenters. The fourth-order valence-electron chi connectivity index (χ4n) is 2.20. The predicted octanol–water partition coefficient (Wildman–Crippen LogP) is 2.41. The van der Waals surface area contributed by atoms with Gasteiger partial charge in [0.05, 0.1) is 0 Å². The highest BCUT2D eigenvalue weighted by Gasteiger charge is 2.27. The lowest BCUT2D eigenvalue weighted by Gasteiger charge is -2.22. The van der Waals surface area contributed by atoms with Crippen LogP contribution in [0.15, 0.2) is 24.3 Å². The van der Waals surface area contributed by atoms with Gasteiger partial charge in [-0.2, -0.15) is 0 Å². The molecule has 78 valence electrons. The van der Waals surface area contributed by atoms with Crippen LogP contribution in [-0.2, 0) is 11.2 Å². The van der Waals surface area contributed by atoms with Crippen molar-refractivity contribution in [1.82, 2.24) is 0 Å². The zero-order valence-electron chi connectivity index (χ0n) is 8.82. The van der Waals surface area contributed by atoms with Crippen LogP contribution in [0.2, 0.25) is 0 Å². The highest BCUT2D eigenvalue weighted by atomic mass is 16.1. The number of hydrogen-bond donors (Lipinski definition) is 0. The molecule has 0 aromatic heterocycles. The molecule has 2 rings (SSSR count). The van der Waals surface area contributed by atoms with E-state index in [2.05, 4.69) is 0 Å². The molecule has 0 spiro atoms. The van der Waals surface area contributed by atoms with Gasteiger partial charge in [-0.1, -0.05) is 24.3 Å². The number of rotatable bonds is 2. The zero-order chi connectivity index (χ0) is 10.8. The molecule has 0 saturated carbocycles. The Morgan fingerprint density at radius 3 is 2.87 bits per heavy atom. The Balaban J connectivity index is 2.26. The topological polar surface area (TPSA) is 34.1 Å². The standard InChI is InChI=1S/C13H14O2/c1-9(14)8-11-7-6-10-4-2-3-5-12(10)13(11)15/h2-5,11H,6-8H2,1H3/t11-/m1/s1. The van der Waals surface area contributed by atoms with Gasteiger partial charge >= 0.3 is 0 Å². The molecule has 0 bridgehead atoms. The van der Waals surface area contributed by atoms with Gasteiger partial charge in [0, 0.05) is 17.9 Å². The van der Waals surface area contributed by atoms with Crippen molar-refractivity contribution in [2.24, 2.45) is 5.92 Å². The molecule has 1 aromatic rings. The first-order chi connectivity index (χ1) is 7.18. The van der Waals surface area contributed by atoms with Crippen molar-refractivity contribution in [3.8, 4) is 0 Å². The van der Waals surface area contributed by atoms with Gasteiger partial charge in [0.2, 0.25) is 0 Å². The highest BCUT2D eigenvalue weighted by molar-refractivity contribution is 6.01. The minimum absolute atomic E-state index is 0.0857. The number of aryl methyl sites for hydroxylation is 1. The molecule has 0 N–H and O–H groups in total. The second-order valence-electron chi connectivity index (χ2n) is 4.16. The first-order valence-electron chi connectivity index (χ1n) is 5.30. The van der Waals surface area contributed by atoms with Crippen LogP contribution in [0.1, 0.15) is 35.7 Å². The van der Waals surface area contributed by atoms with E-state index < -0.39 is 0 Å². The summed E-state index contributed by atoms with van der Waals surface area (Å²) in [5.41, 5.74) is 1.94. The Kier molecular flexibility index (Phi) is 2.67. The Labute approximate surface area is 89.3 Å². The fraction of sp³-hybridized carbons (Fsp3) is 0.385. The summed E-state index contributed by atoms with van der Waals surface area (Å²) in [6, 6.07) is 7.70. The van der Waals surface area contributed by atoms with E-state index in [-0.39, 0.29) is 17.5 Å². The quantitative estimate of drug-likeness (QED) is 0.738. The van der Waals surface area contributed by atoms with Crippen molar-refractivity contribution in [2.75, 3.05) is 0 Å². The average molecular weight is 202 g/mol. The van der Waals surface area contributed by atoms with Gasteiger partial charge in [-0.3, -0.25) is 4.79 Å². The largest absolute Gasteiger partial charge is 0.300 e. The van der Waals surface area contributed by atoms with Gasteiger partial charge in [-0.25, -0.2) is 0 Å². The predicted molar refractivity (Wildman–Crippen MR) is 57.9 cm³/mol. The molecule has 0 aliphatic heterocycles. The van der Waals surface area contributed by atoms with E-state index in [9.17, 15) is 9.59 Å². The molecule has 0 saturated heterocycles. The molecule has 1 aliphatic carbocycles. The zero-order valence-corrected chi connectivity index (χ0v) is 8.82. The minimum Gasteiger partial charge on any atom is -0.300 e. The van der Waals surface area contributed by atoms with Crippen LogP contribution < -0.4 is 0 Å². The maximum Gasteiger partial charge on any atom is 0.166 e. The summed E-state index contributed by atoms with van der Waals surface area (Å²) in [5, 5.41) is 0. The van der Waals surface area contributed by atoms with Gasteiger partial charge in [-0.05, 0) is 25.3 Å². The van der Waals surface area contributed by atoms with E-state index in [0.717, 1.165) is 24.0 Å². The number of ketones is 2. The molecule has 1 aliphatic rings. The van der Waals surface area contributed by atoms with Gasteiger partial charge in [-0.15, -0.1) is 0 Å². The molecule has 1 aromatic carbocycles. The van der Waals surface area contributed by atoms with E-state index in [1.54, 1.807) is 6.92 Å². The van der Waals surface area contributed by atoms with Crippen LogP contribution in [-0.4, -0.2) is 11.6 Å². The Bertz CT molecular complexity index is 407. The smallest absolute Gasteiger partial charge is 0.166 e. The van der Waals surface area contributed by atoms with Crippen molar-refractivity contribution in [3.05, 3.63) is 35.4 Å². The van der Waals surface area contributed by atoms with Crippen LogP contribution in [0.3, 0.4) is 0 Å². The monoisotopic (exact) mass is 202 g/mol. The first-order valence-corrected chi connectivity index (χ1v) is 5.30. The highest BCUT2D eigenvalue weighted by Crippen LogP contribution is 2.27. The molecule has 0 heterocycles. The lowest BCUT2D eigenvalue weighted by molar-refractivity contribution is -0.117. The molecule has 2 heteroatoms. The molecular weight excluding hydrogens is 188 g/mol. The number of Topliss-reactive ketones (excluding diaryl/α,β-unsaturated/α-hetero) is 2. The molecule has 0 radical (unpaired) electrons. The number of hydrogen-bond acceptors (Lipinski definition) is 2. The Morgan fingerprint density at radius 1 is 1.40 bits per heavy atom. The van der Waals surface area contributed by atoms with Crippen LogP contribution in [0.5, 0.6) is 0 Å². The number of benzene rings is 1. The maximum absolute atomic E-state index is 12.0. The summed E-state index contributed by atoms with van der Waals surface area (Å²) < 4.78 is 0. The lowest BCUT2D eigenvalue weighted by atomic mass is 9.80. The van der Waals surface area contributed by atoms with Crippen LogP contribution in [0, 0.1) is 5.92 Å². The lowest BCUT2D eigenvalue weighted by Crippen LogP contribution is -2.24. The third-order valence-electron chi connectivity index (χ3n) is 2.95. The molecular formula is C13H14O2. The first kappa shape index (κ1) is 10.1. The average Bonchev–Trinajstić information content (AvgIpc) is 2.22. The van der Waals surface area contributed by atoms with Crippen LogP contribution in [0.25, 0.3) is 0 Å². The summed E-state index contributed by atoms with van der Waals surface area (Å²) >= 11 is 0. The normalized spacial score (nSPS) is 19.8. The second-order valence-corrected chi connectivity index (χ2v) is 4.16. The van der Waals surface area contributed by atoms with E-state index >= 15 is 0 Å². The van der Waals surface area contributed by atoms with Crippen molar-refractivity contribution in [2.45, 2.75) is 26.2 Å². The van der Waals surface area contributed by atoms with Crippen molar-refractivity contribution in [3.63, 3.8) is 0 Å². The van der Waals surface area contributed by atoms with Crippen molar-refractivity contribution < 1.29 is 9.59 Å². The second kappa shape index (κ2) is 3.97.